The molecule has 32 heavy (non-hydrogen) atoms. The highest BCUT2D eigenvalue weighted by Gasteiger charge is 2.26. The molecule has 3 aromatic carbocycles. The lowest BCUT2D eigenvalue weighted by Gasteiger charge is -2.26. The SMILES string of the molecule is CCCc1cc(F)c(C2CCc3cc(C#Cc4ccc(F)c(F)c4)c(F)cc3C2)c(F)c1. The zero-order valence-corrected chi connectivity index (χ0v) is 17.5. The van der Waals surface area contributed by atoms with E-state index in [1.54, 1.807) is 6.07 Å². The summed E-state index contributed by atoms with van der Waals surface area (Å²) in [4.78, 5) is 0. The number of fused-ring (bicyclic) bond motifs is 1. The molecule has 0 N–H and O–H groups in total. The van der Waals surface area contributed by atoms with E-state index in [4.69, 9.17) is 0 Å². The van der Waals surface area contributed by atoms with E-state index in [1.165, 1.54) is 24.3 Å². The van der Waals surface area contributed by atoms with Crippen molar-refractivity contribution in [1.29, 1.82) is 0 Å². The molecular formula is C27H21F5. The third kappa shape index (κ3) is 4.55. The standard InChI is InChI=1S/C27H21F5/c1-2-3-17-11-25(31)27(26(32)12-17)20-8-7-18-13-19(23(29)15-21(18)14-20)6-4-16-5-9-22(28)24(30)10-16/h5,9-13,15,20H,2-3,7-8,14H2,1H3. The van der Waals surface area contributed by atoms with Crippen molar-refractivity contribution in [2.24, 2.45) is 0 Å². The smallest absolute Gasteiger partial charge is 0.160 e. The highest BCUT2D eigenvalue weighted by molar-refractivity contribution is 5.48. The van der Waals surface area contributed by atoms with Gasteiger partial charge in [0.2, 0.25) is 0 Å². The Labute approximate surface area is 184 Å². The molecule has 0 aliphatic heterocycles. The molecule has 0 radical (unpaired) electrons. The molecule has 1 aliphatic carbocycles. The summed E-state index contributed by atoms with van der Waals surface area (Å²) in [5, 5.41) is 0. The first-order valence-electron chi connectivity index (χ1n) is 10.6. The summed E-state index contributed by atoms with van der Waals surface area (Å²) in [5.74, 6) is 1.31. The van der Waals surface area contributed by atoms with Crippen LogP contribution in [0.5, 0.6) is 0 Å². The van der Waals surface area contributed by atoms with Gasteiger partial charge in [0.15, 0.2) is 11.6 Å². The Kier molecular flexibility index (Phi) is 6.32. The van der Waals surface area contributed by atoms with Crippen LogP contribution in [0.25, 0.3) is 0 Å². The zero-order valence-electron chi connectivity index (χ0n) is 17.5. The number of benzene rings is 3. The number of aryl methyl sites for hydroxylation is 2. The molecule has 1 atom stereocenters. The van der Waals surface area contributed by atoms with Crippen molar-refractivity contribution >= 4 is 0 Å². The maximum absolute atomic E-state index is 14.7. The normalized spacial score (nSPS) is 15.1. The van der Waals surface area contributed by atoms with Gasteiger partial charge in [0, 0.05) is 11.1 Å². The first kappa shape index (κ1) is 22.1. The second-order valence-corrected chi connectivity index (χ2v) is 8.14. The second kappa shape index (κ2) is 9.16. The lowest BCUT2D eigenvalue weighted by Crippen LogP contribution is -2.16. The van der Waals surface area contributed by atoms with Gasteiger partial charge < -0.3 is 0 Å². The molecule has 0 saturated heterocycles. The van der Waals surface area contributed by atoms with Gasteiger partial charge in [0.25, 0.3) is 0 Å². The molecule has 0 spiro atoms. The van der Waals surface area contributed by atoms with Crippen LogP contribution in [0, 0.1) is 40.9 Å². The molecule has 0 nitrogen and oxygen atoms in total. The molecule has 164 valence electrons. The van der Waals surface area contributed by atoms with Crippen molar-refractivity contribution in [3.8, 4) is 11.8 Å². The fraction of sp³-hybridized carbons (Fsp3) is 0.259. The Balaban J connectivity index is 1.59. The van der Waals surface area contributed by atoms with Gasteiger partial charge in [-0.25, -0.2) is 22.0 Å². The van der Waals surface area contributed by atoms with Crippen LogP contribution in [-0.4, -0.2) is 0 Å². The van der Waals surface area contributed by atoms with Crippen molar-refractivity contribution in [1.82, 2.24) is 0 Å². The van der Waals surface area contributed by atoms with Crippen LogP contribution >= 0.6 is 0 Å². The number of halogens is 5. The van der Waals surface area contributed by atoms with E-state index in [9.17, 15) is 22.0 Å². The summed E-state index contributed by atoms with van der Waals surface area (Å²) in [5.41, 5.74) is 2.66. The fourth-order valence-electron chi connectivity index (χ4n) is 4.29. The van der Waals surface area contributed by atoms with Gasteiger partial charge in [0.05, 0.1) is 5.56 Å². The molecule has 3 aromatic rings. The van der Waals surface area contributed by atoms with E-state index < -0.39 is 29.1 Å². The molecule has 0 bridgehead atoms. The quantitative estimate of drug-likeness (QED) is 0.304. The van der Waals surface area contributed by atoms with Crippen LogP contribution in [-0.2, 0) is 19.3 Å². The fourth-order valence-corrected chi connectivity index (χ4v) is 4.29. The predicted molar refractivity (Wildman–Crippen MR) is 114 cm³/mol. The van der Waals surface area contributed by atoms with Crippen LogP contribution in [0.1, 0.15) is 59.1 Å². The largest absolute Gasteiger partial charge is 0.207 e. The second-order valence-electron chi connectivity index (χ2n) is 8.14. The number of hydrogen-bond donors (Lipinski definition) is 0. The lowest BCUT2D eigenvalue weighted by molar-refractivity contribution is 0.488. The molecule has 4 rings (SSSR count). The molecule has 0 heterocycles. The maximum atomic E-state index is 14.7. The third-order valence-electron chi connectivity index (χ3n) is 5.86. The van der Waals surface area contributed by atoms with Crippen LogP contribution < -0.4 is 0 Å². The Morgan fingerprint density at radius 2 is 1.53 bits per heavy atom. The van der Waals surface area contributed by atoms with Gasteiger partial charge in [0.1, 0.15) is 17.5 Å². The Hall–Kier alpha value is -3.13. The molecule has 5 heteroatoms. The van der Waals surface area contributed by atoms with Crippen molar-refractivity contribution in [3.05, 3.63) is 105 Å². The molecule has 1 unspecified atom stereocenters. The Morgan fingerprint density at radius 3 is 2.22 bits per heavy atom. The van der Waals surface area contributed by atoms with Crippen LogP contribution in [0.2, 0.25) is 0 Å². The minimum absolute atomic E-state index is 0.0677. The van der Waals surface area contributed by atoms with Crippen LogP contribution in [0.4, 0.5) is 22.0 Å². The highest BCUT2D eigenvalue weighted by Crippen LogP contribution is 2.36. The van der Waals surface area contributed by atoms with Crippen LogP contribution in [0.3, 0.4) is 0 Å². The van der Waals surface area contributed by atoms with Gasteiger partial charge >= 0.3 is 0 Å². The van der Waals surface area contributed by atoms with Gasteiger partial charge in [-0.2, -0.15) is 0 Å². The minimum Gasteiger partial charge on any atom is -0.207 e. The van der Waals surface area contributed by atoms with E-state index in [0.29, 0.717) is 36.8 Å². The molecule has 1 aliphatic rings. The molecule has 0 saturated carbocycles. The predicted octanol–water partition coefficient (Wildman–Crippen LogP) is 7.01. The number of rotatable bonds is 3. The van der Waals surface area contributed by atoms with Gasteiger partial charge in [-0.1, -0.05) is 25.2 Å². The van der Waals surface area contributed by atoms with Gasteiger partial charge in [-0.3, -0.25) is 0 Å². The van der Waals surface area contributed by atoms with E-state index in [0.717, 1.165) is 24.1 Å². The van der Waals surface area contributed by atoms with E-state index in [2.05, 4.69) is 11.8 Å². The lowest BCUT2D eigenvalue weighted by atomic mass is 9.79. The monoisotopic (exact) mass is 440 g/mol. The summed E-state index contributed by atoms with van der Waals surface area (Å²) >= 11 is 0. The summed E-state index contributed by atoms with van der Waals surface area (Å²) in [6.45, 7) is 1.95. The average Bonchev–Trinajstić information content (AvgIpc) is 2.74. The molecule has 0 aromatic heterocycles. The summed E-state index contributed by atoms with van der Waals surface area (Å²) in [6.07, 6.45) is 2.83. The summed E-state index contributed by atoms with van der Waals surface area (Å²) < 4.78 is 70.4. The molecule has 0 fully saturated rings. The van der Waals surface area contributed by atoms with Gasteiger partial charge in [-0.05, 0) is 90.8 Å². The summed E-state index contributed by atoms with van der Waals surface area (Å²) in [6, 6.07) is 9.03. The first-order valence-corrected chi connectivity index (χ1v) is 10.6. The van der Waals surface area contributed by atoms with E-state index >= 15 is 0 Å². The minimum atomic E-state index is -1.02. The van der Waals surface area contributed by atoms with E-state index in [-0.39, 0.29) is 22.6 Å². The first-order chi connectivity index (χ1) is 15.4. The highest BCUT2D eigenvalue weighted by atomic mass is 19.2. The summed E-state index contributed by atoms with van der Waals surface area (Å²) in [7, 11) is 0. The third-order valence-corrected chi connectivity index (χ3v) is 5.86. The maximum Gasteiger partial charge on any atom is 0.160 e. The van der Waals surface area contributed by atoms with Gasteiger partial charge in [-0.15, -0.1) is 0 Å². The Bertz CT molecular complexity index is 1210. The van der Waals surface area contributed by atoms with Crippen molar-refractivity contribution in [2.75, 3.05) is 0 Å². The van der Waals surface area contributed by atoms with Crippen LogP contribution in [0.15, 0.2) is 42.5 Å². The zero-order chi connectivity index (χ0) is 22.8. The number of hydrogen-bond acceptors (Lipinski definition) is 0. The molecular weight excluding hydrogens is 419 g/mol. The van der Waals surface area contributed by atoms with Crippen molar-refractivity contribution in [2.45, 2.75) is 44.9 Å². The topological polar surface area (TPSA) is 0 Å². The van der Waals surface area contributed by atoms with Crippen molar-refractivity contribution in [3.63, 3.8) is 0 Å². The van der Waals surface area contributed by atoms with Crippen molar-refractivity contribution < 1.29 is 22.0 Å². The molecule has 0 amide bonds. The average molecular weight is 440 g/mol. The Morgan fingerprint density at radius 1 is 0.781 bits per heavy atom. The van der Waals surface area contributed by atoms with E-state index in [1.807, 2.05) is 6.92 Å².